The van der Waals surface area contributed by atoms with Gasteiger partial charge in [-0.2, -0.15) is 0 Å². The van der Waals surface area contributed by atoms with Crippen molar-refractivity contribution in [2.24, 2.45) is 0 Å². The van der Waals surface area contributed by atoms with Gasteiger partial charge in [0.05, 0.1) is 33.2 Å². The first kappa shape index (κ1) is 24.3. The van der Waals surface area contributed by atoms with Crippen LogP contribution < -0.4 is 9.47 Å². The Bertz CT molecular complexity index is 2200. The molecule has 0 saturated heterocycles. The first-order valence-corrected chi connectivity index (χ1v) is 13.8. The number of hydrogen-bond donors (Lipinski definition) is 2. The molecule has 0 radical (unpaired) electrons. The Balaban J connectivity index is 1.33. The van der Waals surface area contributed by atoms with Crippen LogP contribution in [0.4, 0.5) is 0 Å². The fourth-order valence-corrected chi connectivity index (χ4v) is 6.05. The SMILES string of the molecule is CN1C(=O)c2c(c3c4cccc(OCc5ccccc5)c4[nH]c3c3[nH]c4cc(OCc5ccccc5)ccc4c23)C1=O. The van der Waals surface area contributed by atoms with Crippen molar-refractivity contribution >= 4 is 55.4 Å². The Morgan fingerprint density at radius 2 is 1.24 bits per heavy atom. The van der Waals surface area contributed by atoms with Gasteiger partial charge in [0.1, 0.15) is 24.7 Å². The summed E-state index contributed by atoms with van der Waals surface area (Å²) in [4.78, 5) is 35.4. The van der Waals surface area contributed by atoms with Crippen LogP contribution in [-0.4, -0.2) is 33.7 Å². The minimum absolute atomic E-state index is 0.307. The van der Waals surface area contributed by atoms with Crippen LogP contribution >= 0.6 is 0 Å². The second-order valence-corrected chi connectivity index (χ2v) is 10.6. The summed E-state index contributed by atoms with van der Waals surface area (Å²) in [5, 5.41) is 3.12. The summed E-state index contributed by atoms with van der Waals surface area (Å²) >= 11 is 0. The molecule has 7 aromatic rings. The van der Waals surface area contributed by atoms with E-state index in [-0.39, 0.29) is 11.8 Å². The Morgan fingerprint density at radius 3 is 1.93 bits per heavy atom. The highest BCUT2D eigenvalue weighted by molar-refractivity contribution is 6.39. The second kappa shape index (κ2) is 9.24. The van der Waals surface area contributed by atoms with Crippen LogP contribution in [0.1, 0.15) is 31.8 Å². The molecule has 2 amide bonds. The van der Waals surface area contributed by atoms with Gasteiger partial charge in [-0.3, -0.25) is 14.5 Å². The molecule has 7 heteroatoms. The molecule has 2 N–H and O–H groups in total. The molecule has 42 heavy (non-hydrogen) atoms. The van der Waals surface area contributed by atoms with Gasteiger partial charge in [-0.05, 0) is 29.3 Å². The summed E-state index contributed by atoms with van der Waals surface area (Å²) in [6, 6.07) is 31.6. The number of carbonyl (C=O) groups is 2. The lowest BCUT2D eigenvalue weighted by atomic mass is 9.96. The third-order valence-electron chi connectivity index (χ3n) is 8.09. The van der Waals surface area contributed by atoms with E-state index in [2.05, 4.69) is 9.97 Å². The normalized spacial score (nSPS) is 13.1. The van der Waals surface area contributed by atoms with Crippen LogP contribution in [0.5, 0.6) is 11.5 Å². The summed E-state index contributed by atoms with van der Waals surface area (Å²) in [6.07, 6.45) is 0. The average Bonchev–Trinajstić information content (AvgIpc) is 3.67. The molecular formula is C35H25N3O4. The van der Waals surface area contributed by atoms with Gasteiger partial charge in [-0.25, -0.2) is 0 Å². The molecule has 8 rings (SSSR count). The van der Waals surface area contributed by atoms with Crippen LogP contribution in [0.3, 0.4) is 0 Å². The zero-order chi connectivity index (χ0) is 28.4. The van der Waals surface area contributed by atoms with Gasteiger partial charge in [0.25, 0.3) is 11.8 Å². The maximum atomic E-state index is 13.6. The van der Waals surface area contributed by atoms with Gasteiger partial charge in [0, 0.05) is 34.7 Å². The van der Waals surface area contributed by atoms with Crippen molar-refractivity contribution < 1.29 is 19.1 Å². The predicted octanol–water partition coefficient (Wildman–Crippen LogP) is 7.34. The molecule has 5 aromatic carbocycles. The highest BCUT2D eigenvalue weighted by Crippen LogP contribution is 2.45. The maximum Gasteiger partial charge on any atom is 0.262 e. The van der Waals surface area contributed by atoms with E-state index in [1.54, 1.807) is 0 Å². The molecular weight excluding hydrogens is 526 g/mol. The standard InChI is InChI=1S/C35H25N3O4/c1-38-34(39)29-27-23-16-15-22(41-18-20-9-4-2-5-10-20)17-25(23)36-32(27)33-28(30(29)35(38)40)24-13-8-14-26(31(24)37-33)42-19-21-11-6-3-7-12-21/h2-17,36-37H,18-19H2,1H3. The quantitative estimate of drug-likeness (QED) is 0.212. The molecule has 0 fully saturated rings. The Labute approximate surface area is 240 Å². The lowest BCUT2D eigenvalue weighted by molar-refractivity contribution is 0.0694. The first-order chi connectivity index (χ1) is 20.6. The smallest absolute Gasteiger partial charge is 0.262 e. The third kappa shape index (κ3) is 3.60. The molecule has 0 aliphatic carbocycles. The number of aromatic nitrogens is 2. The van der Waals surface area contributed by atoms with Crippen molar-refractivity contribution in [1.82, 2.24) is 14.9 Å². The van der Waals surface area contributed by atoms with Gasteiger partial charge < -0.3 is 19.4 Å². The molecule has 1 aliphatic heterocycles. The molecule has 204 valence electrons. The molecule has 3 heterocycles. The monoisotopic (exact) mass is 551 g/mol. The van der Waals surface area contributed by atoms with E-state index < -0.39 is 0 Å². The number of amides is 2. The topological polar surface area (TPSA) is 87.4 Å². The summed E-state index contributed by atoms with van der Waals surface area (Å²) in [5.74, 6) is 0.763. The van der Waals surface area contributed by atoms with Gasteiger partial charge in [-0.1, -0.05) is 72.8 Å². The largest absolute Gasteiger partial charge is 0.489 e. The van der Waals surface area contributed by atoms with Gasteiger partial charge >= 0.3 is 0 Å². The summed E-state index contributed by atoms with van der Waals surface area (Å²) in [5.41, 5.74) is 6.08. The number of nitrogens with one attached hydrogen (secondary N) is 2. The van der Waals surface area contributed by atoms with Crippen LogP contribution in [0.2, 0.25) is 0 Å². The number of rotatable bonds is 6. The molecule has 2 aromatic heterocycles. The number of hydrogen-bond acceptors (Lipinski definition) is 4. The van der Waals surface area contributed by atoms with Gasteiger partial charge in [0.15, 0.2) is 0 Å². The molecule has 0 atom stereocenters. The fourth-order valence-electron chi connectivity index (χ4n) is 6.05. The van der Waals surface area contributed by atoms with E-state index in [0.29, 0.717) is 41.2 Å². The predicted molar refractivity (Wildman–Crippen MR) is 163 cm³/mol. The van der Waals surface area contributed by atoms with Crippen LogP contribution in [0.15, 0.2) is 97.1 Å². The summed E-state index contributed by atoms with van der Waals surface area (Å²) in [7, 11) is 1.54. The van der Waals surface area contributed by atoms with E-state index in [4.69, 9.17) is 9.47 Å². The van der Waals surface area contributed by atoms with Crippen molar-refractivity contribution in [1.29, 1.82) is 0 Å². The zero-order valence-electron chi connectivity index (χ0n) is 22.7. The number of fused-ring (bicyclic) bond motifs is 10. The van der Waals surface area contributed by atoms with Crippen molar-refractivity contribution in [3.8, 4) is 11.5 Å². The van der Waals surface area contributed by atoms with Crippen LogP contribution in [0.25, 0.3) is 43.6 Å². The molecule has 0 saturated carbocycles. The van der Waals surface area contributed by atoms with E-state index in [9.17, 15) is 9.59 Å². The number of carbonyl (C=O) groups excluding carboxylic acids is 2. The first-order valence-electron chi connectivity index (χ1n) is 13.8. The third-order valence-corrected chi connectivity index (χ3v) is 8.09. The Morgan fingerprint density at radius 1 is 0.619 bits per heavy atom. The minimum atomic E-state index is -0.310. The second-order valence-electron chi connectivity index (χ2n) is 10.6. The molecule has 0 bridgehead atoms. The van der Waals surface area contributed by atoms with Crippen molar-refractivity contribution in [3.05, 3.63) is 119 Å². The summed E-state index contributed by atoms with van der Waals surface area (Å²) < 4.78 is 12.3. The highest BCUT2D eigenvalue weighted by atomic mass is 16.5. The Hall–Kier alpha value is -5.56. The number of aromatic amines is 2. The van der Waals surface area contributed by atoms with Crippen molar-refractivity contribution in [2.75, 3.05) is 7.05 Å². The van der Waals surface area contributed by atoms with E-state index >= 15 is 0 Å². The highest BCUT2D eigenvalue weighted by Gasteiger charge is 2.39. The number of para-hydroxylation sites is 1. The van der Waals surface area contributed by atoms with Gasteiger partial charge in [-0.15, -0.1) is 0 Å². The summed E-state index contributed by atoms with van der Waals surface area (Å²) in [6.45, 7) is 0.846. The van der Waals surface area contributed by atoms with E-state index in [0.717, 1.165) is 49.4 Å². The fraction of sp³-hybridized carbons (Fsp3) is 0.0857. The molecule has 7 nitrogen and oxygen atoms in total. The Kier molecular flexibility index (Phi) is 5.34. The number of benzene rings is 5. The van der Waals surface area contributed by atoms with E-state index in [1.807, 2.05) is 97.1 Å². The molecule has 0 unspecified atom stereocenters. The number of ether oxygens (including phenoxy) is 2. The minimum Gasteiger partial charge on any atom is -0.489 e. The lowest BCUT2D eigenvalue weighted by Crippen LogP contribution is -2.24. The average molecular weight is 552 g/mol. The van der Waals surface area contributed by atoms with Crippen LogP contribution in [0, 0.1) is 0 Å². The lowest BCUT2D eigenvalue weighted by Gasteiger charge is -2.07. The van der Waals surface area contributed by atoms with Gasteiger partial charge in [0.2, 0.25) is 0 Å². The zero-order valence-corrected chi connectivity index (χ0v) is 22.7. The number of H-pyrrole nitrogens is 2. The maximum absolute atomic E-state index is 13.6. The van der Waals surface area contributed by atoms with E-state index in [1.165, 1.54) is 11.9 Å². The van der Waals surface area contributed by atoms with Crippen LogP contribution in [-0.2, 0) is 13.2 Å². The number of imide groups is 1. The molecule has 0 spiro atoms. The molecule has 1 aliphatic rings. The number of nitrogens with zero attached hydrogens (tertiary/aromatic N) is 1. The van der Waals surface area contributed by atoms with Crippen molar-refractivity contribution in [2.45, 2.75) is 13.2 Å². The van der Waals surface area contributed by atoms with Crippen molar-refractivity contribution in [3.63, 3.8) is 0 Å².